The summed E-state index contributed by atoms with van der Waals surface area (Å²) in [6.45, 7) is 2.86. The Morgan fingerprint density at radius 3 is 2.73 bits per heavy atom. The lowest BCUT2D eigenvalue weighted by atomic mass is 9.95. The van der Waals surface area contributed by atoms with Crippen LogP contribution in [0.25, 0.3) is 0 Å². The van der Waals surface area contributed by atoms with Crippen molar-refractivity contribution in [1.29, 1.82) is 0 Å². The van der Waals surface area contributed by atoms with Gasteiger partial charge in [0.05, 0.1) is 18.9 Å². The number of carbonyl (C=O) groups excluding carboxylic acids is 2. The number of amides is 2. The van der Waals surface area contributed by atoms with Gasteiger partial charge in [0.1, 0.15) is 5.37 Å². The number of ether oxygens (including phenoxy) is 1. The van der Waals surface area contributed by atoms with E-state index in [9.17, 15) is 9.59 Å². The topological polar surface area (TPSA) is 70.7 Å². The smallest absolute Gasteiger partial charge is 0.252 e. The molecule has 1 aromatic rings. The SMILES string of the molecule is O=C(NC1CCCCC1)c1ccc2c(c1)NC(=O)C(N1CCOCC1)S2. The van der Waals surface area contributed by atoms with E-state index in [2.05, 4.69) is 15.5 Å². The molecule has 1 aliphatic carbocycles. The first kappa shape index (κ1) is 17.8. The van der Waals surface area contributed by atoms with E-state index in [0.717, 1.165) is 36.5 Å². The molecule has 0 radical (unpaired) electrons. The Kier molecular flexibility index (Phi) is 5.47. The molecule has 1 saturated heterocycles. The largest absolute Gasteiger partial charge is 0.379 e. The van der Waals surface area contributed by atoms with Crippen LogP contribution in [0.5, 0.6) is 0 Å². The van der Waals surface area contributed by atoms with Gasteiger partial charge in [-0.25, -0.2) is 0 Å². The number of rotatable bonds is 3. The summed E-state index contributed by atoms with van der Waals surface area (Å²) in [5.41, 5.74) is 1.35. The van der Waals surface area contributed by atoms with Gasteiger partial charge in [0.2, 0.25) is 0 Å². The van der Waals surface area contributed by atoms with E-state index in [4.69, 9.17) is 4.74 Å². The maximum Gasteiger partial charge on any atom is 0.252 e. The second-order valence-electron chi connectivity index (χ2n) is 7.13. The average Bonchev–Trinajstić information content (AvgIpc) is 2.68. The third kappa shape index (κ3) is 3.89. The fourth-order valence-electron chi connectivity index (χ4n) is 3.81. The van der Waals surface area contributed by atoms with Crippen LogP contribution in [0.1, 0.15) is 42.5 Å². The number of hydrogen-bond donors (Lipinski definition) is 2. The fourth-order valence-corrected chi connectivity index (χ4v) is 4.96. The molecular weight excluding hydrogens is 350 g/mol. The molecule has 7 heteroatoms. The monoisotopic (exact) mass is 375 g/mol. The minimum Gasteiger partial charge on any atom is -0.379 e. The summed E-state index contributed by atoms with van der Waals surface area (Å²) in [6, 6.07) is 5.89. The maximum absolute atomic E-state index is 12.5. The van der Waals surface area contributed by atoms with Crippen molar-refractivity contribution in [3.05, 3.63) is 23.8 Å². The summed E-state index contributed by atoms with van der Waals surface area (Å²) < 4.78 is 5.37. The normalized spacial score (nSPS) is 24.6. The molecule has 26 heavy (non-hydrogen) atoms. The molecule has 2 heterocycles. The number of benzene rings is 1. The van der Waals surface area contributed by atoms with Gasteiger partial charge in [0.15, 0.2) is 0 Å². The zero-order chi connectivity index (χ0) is 17.9. The van der Waals surface area contributed by atoms with Gasteiger partial charge in [-0.15, -0.1) is 0 Å². The van der Waals surface area contributed by atoms with Crippen LogP contribution in [0.3, 0.4) is 0 Å². The van der Waals surface area contributed by atoms with E-state index < -0.39 is 0 Å². The van der Waals surface area contributed by atoms with Crippen molar-refractivity contribution in [2.75, 3.05) is 31.6 Å². The Bertz CT molecular complexity index is 685. The third-order valence-electron chi connectivity index (χ3n) is 5.28. The molecule has 1 saturated carbocycles. The first-order chi connectivity index (χ1) is 12.7. The zero-order valence-corrected chi connectivity index (χ0v) is 15.6. The van der Waals surface area contributed by atoms with Gasteiger partial charge in [-0.1, -0.05) is 31.0 Å². The Morgan fingerprint density at radius 1 is 1.19 bits per heavy atom. The maximum atomic E-state index is 12.5. The number of hydrogen-bond acceptors (Lipinski definition) is 5. The minimum absolute atomic E-state index is 0.0192. The summed E-state index contributed by atoms with van der Waals surface area (Å²) in [5.74, 6) is -0.0662. The molecule has 1 aromatic carbocycles. The van der Waals surface area contributed by atoms with E-state index in [0.29, 0.717) is 18.8 Å². The molecule has 2 fully saturated rings. The van der Waals surface area contributed by atoms with Gasteiger partial charge in [0.25, 0.3) is 11.8 Å². The highest BCUT2D eigenvalue weighted by molar-refractivity contribution is 8.00. The third-order valence-corrected chi connectivity index (χ3v) is 6.63. The highest BCUT2D eigenvalue weighted by atomic mass is 32.2. The number of morpholine rings is 1. The lowest BCUT2D eigenvalue weighted by Gasteiger charge is -2.35. The van der Waals surface area contributed by atoms with Crippen LogP contribution >= 0.6 is 11.8 Å². The Morgan fingerprint density at radius 2 is 1.96 bits per heavy atom. The highest BCUT2D eigenvalue weighted by Crippen LogP contribution is 2.37. The molecule has 2 amide bonds. The van der Waals surface area contributed by atoms with Gasteiger partial charge >= 0.3 is 0 Å². The van der Waals surface area contributed by atoms with Crippen LogP contribution in [0, 0.1) is 0 Å². The summed E-state index contributed by atoms with van der Waals surface area (Å²) in [6.07, 6.45) is 5.75. The highest BCUT2D eigenvalue weighted by Gasteiger charge is 2.33. The minimum atomic E-state index is -0.228. The molecule has 3 aliphatic rings. The van der Waals surface area contributed by atoms with Crippen molar-refractivity contribution in [1.82, 2.24) is 10.2 Å². The van der Waals surface area contributed by atoms with E-state index in [1.165, 1.54) is 19.3 Å². The number of nitrogens with zero attached hydrogens (tertiary/aromatic N) is 1. The first-order valence-corrected chi connectivity index (χ1v) is 10.3. The zero-order valence-electron chi connectivity index (χ0n) is 14.8. The summed E-state index contributed by atoms with van der Waals surface area (Å²) in [7, 11) is 0. The number of anilines is 1. The molecule has 1 unspecified atom stereocenters. The van der Waals surface area contributed by atoms with Gasteiger partial charge in [-0.05, 0) is 31.0 Å². The number of carbonyl (C=O) groups is 2. The summed E-state index contributed by atoms with van der Waals surface area (Å²) in [5, 5.41) is 5.89. The first-order valence-electron chi connectivity index (χ1n) is 9.45. The summed E-state index contributed by atoms with van der Waals surface area (Å²) >= 11 is 1.55. The molecule has 0 spiro atoms. The van der Waals surface area contributed by atoms with E-state index in [1.807, 2.05) is 12.1 Å². The number of nitrogens with one attached hydrogen (secondary N) is 2. The molecule has 0 aromatic heterocycles. The number of thioether (sulfide) groups is 1. The number of fused-ring (bicyclic) bond motifs is 1. The molecule has 2 N–H and O–H groups in total. The molecule has 1 atom stereocenters. The fraction of sp³-hybridized carbons (Fsp3) is 0.579. The Labute approximate surface area is 158 Å². The van der Waals surface area contributed by atoms with Crippen molar-refractivity contribution in [2.24, 2.45) is 0 Å². The van der Waals surface area contributed by atoms with Crippen molar-refractivity contribution < 1.29 is 14.3 Å². The molecule has 0 bridgehead atoms. The quantitative estimate of drug-likeness (QED) is 0.849. The van der Waals surface area contributed by atoms with Crippen LogP contribution in [0.4, 0.5) is 5.69 Å². The van der Waals surface area contributed by atoms with E-state index in [-0.39, 0.29) is 23.2 Å². The second kappa shape index (κ2) is 7.98. The van der Waals surface area contributed by atoms with Gasteiger partial charge in [-0.2, -0.15) is 0 Å². The predicted molar refractivity (Wildman–Crippen MR) is 101 cm³/mol. The van der Waals surface area contributed by atoms with Crippen molar-refractivity contribution >= 4 is 29.3 Å². The predicted octanol–water partition coefficient (Wildman–Crippen LogP) is 2.45. The summed E-state index contributed by atoms with van der Waals surface area (Å²) in [4.78, 5) is 28.2. The second-order valence-corrected chi connectivity index (χ2v) is 8.25. The molecule has 2 aliphatic heterocycles. The molecule has 6 nitrogen and oxygen atoms in total. The van der Waals surface area contributed by atoms with Crippen LogP contribution in [0.2, 0.25) is 0 Å². The molecule has 140 valence electrons. The van der Waals surface area contributed by atoms with Crippen molar-refractivity contribution in [3.8, 4) is 0 Å². The van der Waals surface area contributed by atoms with Crippen LogP contribution in [0.15, 0.2) is 23.1 Å². The van der Waals surface area contributed by atoms with Crippen molar-refractivity contribution in [3.63, 3.8) is 0 Å². The van der Waals surface area contributed by atoms with Crippen LogP contribution in [-0.4, -0.2) is 54.4 Å². The van der Waals surface area contributed by atoms with E-state index >= 15 is 0 Å². The Hall–Kier alpha value is -1.57. The van der Waals surface area contributed by atoms with Crippen LogP contribution in [-0.2, 0) is 9.53 Å². The lowest BCUT2D eigenvalue weighted by Crippen LogP contribution is -2.48. The van der Waals surface area contributed by atoms with Crippen LogP contribution < -0.4 is 10.6 Å². The van der Waals surface area contributed by atoms with Gasteiger partial charge in [0, 0.05) is 29.6 Å². The van der Waals surface area contributed by atoms with E-state index in [1.54, 1.807) is 17.8 Å². The average molecular weight is 375 g/mol. The Balaban J connectivity index is 1.44. The standard InChI is InChI=1S/C19H25N3O3S/c23-17(20-14-4-2-1-3-5-14)13-6-7-16-15(12-13)21-18(24)19(26-16)22-8-10-25-11-9-22/h6-7,12,14,19H,1-5,8-11H2,(H,20,23)(H,21,24). The molecular formula is C19H25N3O3S. The van der Waals surface area contributed by atoms with Crippen molar-refractivity contribution in [2.45, 2.75) is 48.4 Å². The lowest BCUT2D eigenvalue weighted by molar-refractivity contribution is -0.119. The molecule has 4 rings (SSSR count). The van der Waals surface area contributed by atoms with Gasteiger partial charge in [-0.3, -0.25) is 14.5 Å². The van der Waals surface area contributed by atoms with Gasteiger partial charge < -0.3 is 15.4 Å².